The van der Waals surface area contributed by atoms with Crippen LogP contribution < -0.4 is 4.74 Å². The van der Waals surface area contributed by atoms with Crippen molar-refractivity contribution in [1.29, 1.82) is 0 Å². The zero-order chi connectivity index (χ0) is 20.5. The van der Waals surface area contributed by atoms with Crippen molar-refractivity contribution in [3.8, 4) is 17.2 Å². The highest BCUT2D eigenvalue weighted by Gasteiger charge is 2.37. The lowest BCUT2D eigenvalue weighted by atomic mass is 10.2. The summed E-state index contributed by atoms with van der Waals surface area (Å²) >= 11 is 2.91. The lowest BCUT2D eigenvalue weighted by Gasteiger charge is -2.04. The van der Waals surface area contributed by atoms with Crippen LogP contribution in [0, 0.1) is 6.92 Å². The molecule has 0 atom stereocenters. The van der Waals surface area contributed by atoms with Gasteiger partial charge in [-0.1, -0.05) is 0 Å². The molecule has 0 aliphatic carbocycles. The molecule has 0 amide bonds. The summed E-state index contributed by atoms with van der Waals surface area (Å²) in [5, 5.41) is 11.3. The summed E-state index contributed by atoms with van der Waals surface area (Å²) in [6.45, 7) is -1.32. The fourth-order valence-electron chi connectivity index (χ4n) is 2.37. The largest absolute Gasteiger partial charge is 0.436 e. The standard InChI is InChI=1S/C16H12BrF5N4O2/c1-8-12(17)13(16(20,21)22)25-26(8)7-6-11-23-24-14(28-11)9-2-4-10(5-3-9)27-15(18)19/h2-5,15H,6-7H2,1H3. The van der Waals surface area contributed by atoms with E-state index in [-0.39, 0.29) is 35.0 Å². The number of alkyl halides is 5. The lowest BCUT2D eigenvalue weighted by molar-refractivity contribution is -0.142. The molecule has 12 heteroatoms. The fourth-order valence-corrected chi connectivity index (χ4v) is 2.88. The number of rotatable bonds is 6. The molecule has 0 spiro atoms. The molecule has 0 aliphatic rings. The Hall–Kier alpha value is -2.50. The molecular formula is C16H12BrF5N4O2. The molecule has 3 aromatic rings. The summed E-state index contributed by atoms with van der Waals surface area (Å²) in [5.41, 5.74) is -0.193. The van der Waals surface area contributed by atoms with Gasteiger partial charge in [-0.25, -0.2) is 0 Å². The third-order valence-electron chi connectivity index (χ3n) is 3.73. The summed E-state index contributed by atoms with van der Waals surface area (Å²) in [6.07, 6.45) is -4.40. The van der Waals surface area contributed by atoms with Gasteiger partial charge in [0.05, 0.1) is 10.2 Å². The van der Waals surface area contributed by atoms with Gasteiger partial charge in [-0.3, -0.25) is 4.68 Å². The smallest absolute Gasteiger partial charge is 0.435 e. The zero-order valence-corrected chi connectivity index (χ0v) is 15.8. The average molecular weight is 467 g/mol. The summed E-state index contributed by atoms with van der Waals surface area (Å²) in [5.74, 6) is 0.328. The number of halogens is 6. The van der Waals surface area contributed by atoms with Crippen molar-refractivity contribution in [2.24, 2.45) is 0 Å². The fraction of sp³-hybridized carbons (Fsp3) is 0.312. The second kappa shape index (κ2) is 7.86. The van der Waals surface area contributed by atoms with Crippen molar-refractivity contribution in [3.05, 3.63) is 46.0 Å². The minimum absolute atomic E-state index is 0.0151. The Bertz CT molecular complexity index is 953. The predicted octanol–water partition coefficient (Wildman–Crippen LogP) is 4.87. The molecule has 2 aromatic heterocycles. The Morgan fingerprint density at radius 1 is 1.18 bits per heavy atom. The van der Waals surface area contributed by atoms with E-state index >= 15 is 0 Å². The zero-order valence-electron chi connectivity index (χ0n) is 14.2. The van der Waals surface area contributed by atoms with Crippen LogP contribution in [0.1, 0.15) is 17.3 Å². The van der Waals surface area contributed by atoms with Gasteiger partial charge in [0.25, 0.3) is 0 Å². The summed E-state index contributed by atoms with van der Waals surface area (Å²) < 4.78 is 73.8. The minimum Gasteiger partial charge on any atom is -0.435 e. The number of hydrogen-bond acceptors (Lipinski definition) is 5. The summed E-state index contributed by atoms with van der Waals surface area (Å²) in [6, 6.07) is 5.60. The number of ether oxygens (including phenoxy) is 1. The lowest BCUT2D eigenvalue weighted by Crippen LogP contribution is -2.10. The number of aryl methyl sites for hydroxylation is 2. The van der Waals surface area contributed by atoms with Gasteiger partial charge in [0.2, 0.25) is 11.8 Å². The Morgan fingerprint density at radius 2 is 1.86 bits per heavy atom. The van der Waals surface area contributed by atoms with Gasteiger partial charge in [-0.05, 0) is 47.1 Å². The molecule has 0 N–H and O–H groups in total. The molecule has 6 nitrogen and oxygen atoms in total. The first-order chi connectivity index (χ1) is 13.1. The normalized spacial score (nSPS) is 12.0. The maximum Gasteiger partial charge on any atom is 0.436 e. The SMILES string of the molecule is Cc1c(Br)c(C(F)(F)F)nn1CCc1nnc(-c2ccc(OC(F)F)cc2)o1. The average Bonchev–Trinajstić information content (AvgIpc) is 3.19. The van der Waals surface area contributed by atoms with Gasteiger partial charge in [-0.2, -0.15) is 27.1 Å². The second-order valence-corrected chi connectivity index (χ2v) is 6.42. The van der Waals surface area contributed by atoms with E-state index in [1.807, 2.05) is 0 Å². The number of benzene rings is 1. The first-order valence-electron chi connectivity index (χ1n) is 7.83. The van der Waals surface area contributed by atoms with E-state index in [0.29, 0.717) is 11.3 Å². The van der Waals surface area contributed by atoms with E-state index in [9.17, 15) is 22.0 Å². The third-order valence-corrected chi connectivity index (χ3v) is 4.68. The highest BCUT2D eigenvalue weighted by molar-refractivity contribution is 9.10. The molecule has 0 saturated heterocycles. The van der Waals surface area contributed by atoms with Gasteiger partial charge in [0.1, 0.15) is 5.75 Å². The second-order valence-electron chi connectivity index (χ2n) is 5.62. The van der Waals surface area contributed by atoms with E-state index in [2.05, 4.69) is 36.0 Å². The van der Waals surface area contributed by atoms with Crippen molar-refractivity contribution in [3.63, 3.8) is 0 Å². The van der Waals surface area contributed by atoms with E-state index in [4.69, 9.17) is 4.42 Å². The monoisotopic (exact) mass is 466 g/mol. The quantitative estimate of drug-likeness (QED) is 0.485. The predicted molar refractivity (Wildman–Crippen MR) is 89.7 cm³/mol. The van der Waals surface area contributed by atoms with Crippen LogP contribution in [-0.2, 0) is 19.1 Å². The first kappa shape index (κ1) is 20.2. The van der Waals surface area contributed by atoms with Crippen LogP contribution in [0.3, 0.4) is 0 Å². The van der Waals surface area contributed by atoms with Crippen LogP contribution in [0.15, 0.2) is 33.2 Å². The van der Waals surface area contributed by atoms with Gasteiger partial charge in [-0.15, -0.1) is 10.2 Å². The van der Waals surface area contributed by atoms with Crippen LogP contribution in [0.2, 0.25) is 0 Å². The molecule has 150 valence electrons. The van der Waals surface area contributed by atoms with Gasteiger partial charge < -0.3 is 9.15 Å². The Balaban J connectivity index is 1.69. The van der Waals surface area contributed by atoms with Crippen molar-refractivity contribution >= 4 is 15.9 Å². The van der Waals surface area contributed by atoms with Crippen LogP contribution in [0.4, 0.5) is 22.0 Å². The highest BCUT2D eigenvalue weighted by atomic mass is 79.9. The van der Waals surface area contributed by atoms with Crippen LogP contribution >= 0.6 is 15.9 Å². The molecular weight excluding hydrogens is 455 g/mol. The number of nitrogens with zero attached hydrogens (tertiary/aromatic N) is 4. The summed E-state index contributed by atoms with van der Waals surface area (Å²) in [7, 11) is 0. The first-order valence-corrected chi connectivity index (χ1v) is 8.62. The molecule has 2 heterocycles. The molecule has 0 saturated carbocycles. The van der Waals surface area contributed by atoms with Gasteiger partial charge >= 0.3 is 12.8 Å². The van der Waals surface area contributed by atoms with Gasteiger partial charge in [0, 0.05) is 18.5 Å². The molecule has 0 bridgehead atoms. The van der Waals surface area contributed by atoms with Crippen LogP contribution in [0.25, 0.3) is 11.5 Å². The van der Waals surface area contributed by atoms with E-state index < -0.39 is 18.5 Å². The van der Waals surface area contributed by atoms with Crippen LogP contribution in [0.5, 0.6) is 5.75 Å². The highest BCUT2D eigenvalue weighted by Crippen LogP contribution is 2.35. The van der Waals surface area contributed by atoms with Crippen molar-refractivity contribution < 1.29 is 31.1 Å². The number of hydrogen-bond donors (Lipinski definition) is 0. The Morgan fingerprint density at radius 3 is 2.43 bits per heavy atom. The molecule has 0 fully saturated rings. The Kier molecular flexibility index (Phi) is 5.68. The third kappa shape index (κ3) is 4.49. The van der Waals surface area contributed by atoms with Crippen molar-refractivity contribution in [2.45, 2.75) is 32.7 Å². The molecule has 0 aliphatic heterocycles. The van der Waals surface area contributed by atoms with Crippen molar-refractivity contribution in [1.82, 2.24) is 20.0 Å². The number of aromatic nitrogens is 4. The summed E-state index contributed by atoms with van der Waals surface area (Å²) in [4.78, 5) is 0. The van der Waals surface area contributed by atoms with Crippen molar-refractivity contribution in [2.75, 3.05) is 0 Å². The molecule has 0 radical (unpaired) electrons. The van der Waals surface area contributed by atoms with E-state index in [0.717, 1.165) is 0 Å². The molecule has 3 rings (SSSR count). The molecule has 1 aromatic carbocycles. The Labute approximate surface area is 163 Å². The van der Waals surface area contributed by atoms with E-state index in [1.54, 1.807) is 0 Å². The van der Waals surface area contributed by atoms with Gasteiger partial charge in [0.15, 0.2) is 5.69 Å². The minimum atomic E-state index is -4.56. The maximum absolute atomic E-state index is 12.9. The van der Waals surface area contributed by atoms with Crippen LogP contribution in [-0.4, -0.2) is 26.6 Å². The van der Waals surface area contributed by atoms with E-state index in [1.165, 1.54) is 35.9 Å². The maximum atomic E-state index is 12.9. The molecule has 0 unspecified atom stereocenters. The molecule has 28 heavy (non-hydrogen) atoms. The topological polar surface area (TPSA) is 66.0 Å².